The summed E-state index contributed by atoms with van der Waals surface area (Å²) in [6, 6.07) is 0. The summed E-state index contributed by atoms with van der Waals surface area (Å²) in [7, 11) is -2.92. The second kappa shape index (κ2) is 8.12. The summed E-state index contributed by atoms with van der Waals surface area (Å²) in [4.78, 5) is 9.88. The van der Waals surface area contributed by atoms with Gasteiger partial charge in [0.1, 0.15) is 12.9 Å². The highest BCUT2D eigenvalue weighted by Crippen LogP contribution is 2.47. The van der Waals surface area contributed by atoms with Crippen LogP contribution in [0.4, 0.5) is 0 Å². The molecule has 0 amide bonds. The van der Waals surface area contributed by atoms with Crippen LogP contribution in [-0.2, 0) is 23.1 Å². The average molecular weight is 224 g/mol. The summed E-state index contributed by atoms with van der Waals surface area (Å²) in [5.74, 6) is 0. The van der Waals surface area contributed by atoms with Gasteiger partial charge in [0.15, 0.2) is 0 Å². The lowest BCUT2D eigenvalue weighted by molar-refractivity contribution is -0.112. The van der Waals surface area contributed by atoms with Gasteiger partial charge in [0.05, 0.1) is 19.8 Å². The second-order valence-corrected chi connectivity index (χ2v) is 4.79. The van der Waals surface area contributed by atoms with Gasteiger partial charge in [-0.3, -0.25) is 4.57 Å². The fourth-order valence-electron chi connectivity index (χ4n) is 0.783. The third-order valence-electron chi connectivity index (χ3n) is 1.41. The van der Waals surface area contributed by atoms with E-state index in [2.05, 4.69) is 0 Å². The Kier molecular flexibility index (Phi) is 7.99. The van der Waals surface area contributed by atoms with Gasteiger partial charge in [-0.1, -0.05) is 6.92 Å². The van der Waals surface area contributed by atoms with Gasteiger partial charge in [-0.15, -0.1) is 0 Å². The minimum atomic E-state index is -2.92. The molecule has 14 heavy (non-hydrogen) atoms. The van der Waals surface area contributed by atoms with E-state index in [4.69, 9.17) is 13.8 Å². The molecule has 0 heterocycles. The fourth-order valence-corrected chi connectivity index (χ4v) is 1.97. The first-order valence-corrected chi connectivity index (χ1v) is 6.30. The molecule has 0 fully saturated rings. The van der Waals surface area contributed by atoms with Crippen molar-refractivity contribution < 1.29 is 23.1 Å². The van der Waals surface area contributed by atoms with Crippen LogP contribution >= 0.6 is 7.60 Å². The lowest BCUT2D eigenvalue weighted by Crippen LogP contribution is -2.06. The molecule has 0 aromatic heterocycles. The van der Waals surface area contributed by atoms with Crippen molar-refractivity contribution in [3.05, 3.63) is 0 Å². The van der Waals surface area contributed by atoms with Crippen molar-refractivity contribution in [3.63, 3.8) is 0 Å². The second-order valence-electron chi connectivity index (χ2n) is 2.42. The van der Waals surface area contributed by atoms with Crippen LogP contribution < -0.4 is 0 Å². The van der Waals surface area contributed by atoms with Crippen LogP contribution in [0.25, 0.3) is 0 Å². The zero-order valence-electron chi connectivity index (χ0n) is 8.60. The summed E-state index contributed by atoms with van der Waals surface area (Å²) >= 11 is 0. The van der Waals surface area contributed by atoms with Crippen LogP contribution in [0.15, 0.2) is 0 Å². The van der Waals surface area contributed by atoms with Gasteiger partial charge in [-0.05, 0) is 6.92 Å². The predicted octanol–water partition coefficient (Wildman–Crippen LogP) is 1.47. The lowest BCUT2D eigenvalue weighted by Gasteiger charge is -2.15. The highest BCUT2D eigenvalue weighted by molar-refractivity contribution is 7.53. The molecule has 0 rings (SSSR count). The molecule has 0 aromatic carbocycles. The molecule has 0 aliphatic carbocycles. The Morgan fingerprint density at radius 2 is 1.93 bits per heavy atom. The molecule has 84 valence electrons. The Balaban J connectivity index is 3.62. The molecule has 0 spiro atoms. The third kappa shape index (κ3) is 6.27. The van der Waals surface area contributed by atoms with E-state index < -0.39 is 7.60 Å². The minimum Gasteiger partial charge on any atom is -0.372 e. The average Bonchev–Trinajstić information content (AvgIpc) is 2.18. The molecular weight excluding hydrogens is 207 g/mol. The Labute approximate surface area is 84.3 Å². The van der Waals surface area contributed by atoms with Gasteiger partial charge in [0.25, 0.3) is 0 Å². The van der Waals surface area contributed by atoms with Crippen molar-refractivity contribution in [2.24, 2.45) is 0 Å². The van der Waals surface area contributed by atoms with Crippen LogP contribution in [0, 0.1) is 0 Å². The van der Waals surface area contributed by atoms with Crippen molar-refractivity contribution in [2.45, 2.75) is 13.8 Å². The predicted molar refractivity (Wildman–Crippen MR) is 52.6 cm³/mol. The molecule has 0 aromatic rings. The first kappa shape index (κ1) is 13.8. The smallest absolute Gasteiger partial charge is 0.330 e. The van der Waals surface area contributed by atoms with E-state index in [9.17, 15) is 9.36 Å². The van der Waals surface area contributed by atoms with Gasteiger partial charge in [0.2, 0.25) is 0 Å². The van der Waals surface area contributed by atoms with Crippen LogP contribution in [0.2, 0.25) is 0 Å². The monoisotopic (exact) mass is 224 g/mol. The molecule has 0 aliphatic rings. The maximum absolute atomic E-state index is 11.6. The first-order chi connectivity index (χ1) is 6.68. The van der Waals surface area contributed by atoms with Crippen molar-refractivity contribution in [2.75, 3.05) is 32.6 Å². The molecule has 5 nitrogen and oxygen atoms in total. The van der Waals surface area contributed by atoms with Crippen LogP contribution in [0.1, 0.15) is 13.8 Å². The van der Waals surface area contributed by atoms with E-state index in [-0.39, 0.29) is 19.8 Å². The Morgan fingerprint density at radius 1 is 1.21 bits per heavy atom. The highest BCUT2D eigenvalue weighted by Gasteiger charge is 2.20. The Bertz CT molecular complexity index is 194. The minimum absolute atomic E-state index is 0.0361. The van der Waals surface area contributed by atoms with Gasteiger partial charge >= 0.3 is 7.60 Å². The van der Waals surface area contributed by atoms with Gasteiger partial charge in [-0.2, -0.15) is 0 Å². The number of hydrogen-bond donors (Lipinski definition) is 0. The lowest BCUT2D eigenvalue weighted by atomic mass is 10.7. The number of rotatable bonds is 9. The number of carbonyl (C=O) groups excluding carboxylic acids is 1. The molecule has 0 bridgehead atoms. The van der Waals surface area contributed by atoms with E-state index in [1.165, 1.54) is 0 Å². The van der Waals surface area contributed by atoms with Crippen LogP contribution in [-0.4, -0.2) is 38.9 Å². The number of carbonyl (C=O) groups is 1. The van der Waals surface area contributed by atoms with E-state index in [1.807, 2.05) is 0 Å². The molecule has 0 saturated heterocycles. The summed E-state index contributed by atoms with van der Waals surface area (Å²) in [5.41, 5.74) is 0. The van der Waals surface area contributed by atoms with Crippen LogP contribution in [0.3, 0.4) is 0 Å². The van der Waals surface area contributed by atoms with Crippen molar-refractivity contribution >= 4 is 13.9 Å². The molecule has 1 atom stereocenters. The largest absolute Gasteiger partial charge is 0.372 e. The Hall–Kier alpha value is -0.220. The molecule has 6 heteroatoms. The molecule has 0 saturated carbocycles. The quantitative estimate of drug-likeness (QED) is 0.337. The van der Waals surface area contributed by atoms with Crippen LogP contribution in [0.5, 0.6) is 0 Å². The van der Waals surface area contributed by atoms with Gasteiger partial charge in [0, 0.05) is 6.16 Å². The summed E-state index contributed by atoms with van der Waals surface area (Å²) in [6.07, 6.45) is 0.997. The van der Waals surface area contributed by atoms with Crippen molar-refractivity contribution in [1.29, 1.82) is 0 Å². The third-order valence-corrected chi connectivity index (χ3v) is 3.42. The fraction of sp³-hybridized carbons (Fsp3) is 0.875. The SMILES string of the molecule is CCOP(=O)(CC)OCCOCC=O. The Morgan fingerprint density at radius 3 is 2.43 bits per heavy atom. The normalized spacial score (nSPS) is 15.0. The van der Waals surface area contributed by atoms with Gasteiger partial charge < -0.3 is 18.6 Å². The molecular formula is C8H17O5P. The maximum atomic E-state index is 11.6. The molecule has 0 radical (unpaired) electrons. The number of aldehydes is 1. The van der Waals surface area contributed by atoms with E-state index >= 15 is 0 Å². The summed E-state index contributed by atoms with van der Waals surface area (Å²) in [6.45, 7) is 4.32. The molecule has 0 N–H and O–H groups in total. The van der Waals surface area contributed by atoms with Gasteiger partial charge in [-0.25, -0.2) is 0 Å². The zero-order chi connectivity index (χ0) is 10.9. The highest BCUT2D eigenvalue weighted by atomic mass is 31.2. The topological polar surface area (TPSA) is 61.8 Å². The van der Waals surface area contributed by atoms with E-state index in [1.54, 1.807) is 13.8 Å². The van der Waals surface area contributed by atoms with Crippen molar-refractivity contribution in [1.82, 2.24) is 0 Å². The summed E-state index contributed by atoms with van der Waals surface area (Å²) in [5, 5.41) is 0. The zero-order valence-corrected chi connectivity index (χ0v) is 9.50. The first-order valence-electron chi connectivity index (χ1n) is 4.58. The van der Waals surface area contributed by atoms with Crippen molar-refractivity contribution in [3.8, 4) is 0 Å². The maximum Gasteiger partial charge on any atom is 0.330 e. The molecule has 1 unspecified atom stereocenters. The molecule has 0 aliphatic heterocycles. The number of hydrogen-bond acceptors (Lipinski definition) is 5. The van der Waals surface area contributed by atoms with E-state index in [0.717, 1.165) is 0 Å². The number of ether oxygens (including phenoxy) is 1. The standard InChI is InChI=1S/C8H17O5P/c1-3-12-14(10,4-2)13-8-7-11-6-5-9/h5H,3-4,6-8H2,1-2H3. The van der Waals surface area contributed by atoms with E-state index in [0.29, 0.717) is 19.1 Å². The summed E-state index contributed by atoms with van der Waals surface area (Å²) < 4.78 is 26.5.